The first-order valence-corrected chi connectivity index (χ1v) is 9.83. The van der Waals surface area contributed by atoms with Crippen LogP contribution in [-0.4, -0.2) is 18.2 Å². The number of amides is 1. The zero-order valence-electron chi connectivity index (χ0n) is 16.4. The van der Waals surface area contributed by atoms with Gasteiger partial charge in [-0.2, -0.15) is 5.10 Å². The van der Waals surface area contributed by atoms with Gasteiger partial charge in [0.25, 0.3) is 5.91 Å². The third kappa shape index (κ3) is 7.65. The number of ether oxygens (including phenoxy) is 1. The van der Waals surface area contributed by atoms with E-state index in [2.05, 4.69) is 17.5 Å². The Labute approximate surface area is 162 Å². The molecule has 0 saturated carbocycles. The molecule has 2 aromatic carbocycles. The summed E-state index contributed by atoms with van der Waals surface area (Å²) in [7, 11) is 0. The van der Waals surface area contributed by atoms with Crippen molar-refractivity contribution < 1.29 is 9.53 Å². The van der Waals surface area contributed by atoms with Crippen molar-refractivity contribution >= 4 is 11.6 Å². The van der Waals surface area contributed by atoms with Gasteiger partial charge in [-0.05, 0) is 43.2 Å². The van der Waals surface area contributed by atoms with E-state index in [1.54, 1.807) is 12.1 Å². The second-order valence-electron chi connectivity index (χ2n) is 6.64. The van der Waals surface area contributed by atoms with Crippen molar-refractivity contribution in [2.75, 3.05) is 6.61 Å². The summed E-state index contributed by atoms with van der Waals surface area (Å²) in [6.45, 7) is 4.82. The zero-order valence-corrected chi connectivity index (χ0v) is 16.4. The van der Waals surface area contributed by atoms with E-state index in [1.807, 2.05) is 49.4 Å². The average Bonchev–Trinajstić information content (AvgIpc) is 2.72. The van der Waals surface area contributed by atoms with Crippen LogP contribution in [0, 0.1) is 0 Å². The molecule has 0 bridgehead atoms. The summed E-state index contributed by atoms with van der Waals surface area (Å²) < 4.78 is 5.74. The predicted octanol–water partition coefficient (Wildman–Crippen LogP) is 5.58. The third-order valence-corrected chi connectivity index (χ3v) is 4.40. The number of carbonyl (C=O) groups excluding carboxylic acids is 1. The Morgan fingerprint density at radius 2 is 1.56 bits per heavy atom. The maximum atomic E-state index is 12.2. The summed E-state index contributed by atoms with van der Waals surface area (Å²) in [6.07, 6.45) is 7.46. The van der Waals surface area contributed by atoms with Crippen LogP contribution >= 0.6 is 0 Å². The molecule has 0 fully saturated rings. The molecular formula is C23H30N2O2. The summed E-state index contributed by atoms with van der Waals surface area (Å²) in [5.41, 5.74) is 4.91. The normalized spacial score (nSPS) is 11.3. The molecule has 0 aromatic heterocycles. The Morgan fingerprint density at radius 3 is 2.26 bits per heavy atom. The SMILES string of the molecule is CCCCCCCCOc1ccc(C(=O)N/N=C(/C)c2ccccc2)cc1. The molecule has 0 saturated heterocycles. The van der Waals surface area contributed by atoms with Crippen LogP contribution in [0.2, 0.25) is 0 Å². The maximum absolute atomic E-state index is 12.2. The van der Waals surface area contributed by atoms with Gasteiger partial charge in [-0.15, -0.1) is 0 Å². The van der Waals surface area contributed by atoms with Gasteiger partial charge in [0.15, 0.2) is 0 Å². The van der Waals surface area contributed by atoms with Crippen molar-refractivity contribution in [3.8, 4) is 5.75 Å². The first kappa shape index (κ1) is 20.7. The lowest BCUT2D eigenvalue weighted by atomic mass is 10.1. The maximum Gasteiger partial charge on any atom is 0.271 e. The molecule has 0 atom stereocenters. The number of benzene rings is 2. The highest BCUT2D eigenvalue weighted by atomic mass is 16.5. The van der Waals surface area contributed by atoms with E-state index in [9.17, 15) is 4.79 Å². The number of nitrogens with zero attached hydrogens (tertiary/aromatic N) is 1. The van der Waals surface area contributed by atoms with E-state index in [0.717, 1.165) is 30.1 Å². The highest BCUT2D eigenvalue weighted by Gasteiger charge is 2.05. The van der Waals surface area contributed by atoms with Gasteiger partial charge in [0, 0.05) is 5.56 Å². The van der Waals surface area contributed by atoms with E-state index in [4.69, 9.17) is 4.74 Å². The van der Waals surface area contributed by atoms with Gasteiger partial charge in [0.05, 0.1) is 12.3 Å². The van der Waals surface area contributed by atoms with E-state index >= 15 is 0 Å². The molecule has 0 unspecified atom stereocenters. The van der Waals surface area contributed by atoms with Gasteiger partial charge in [-0.25, -0.2) is 5.43 Å². The number of carbonyl (C=O) groups is 1. The first-order chi connectivity index (χ1) is 13.2. The summed E-state index contributed by atoms with van der Waals surface area (Å²) in [6, 6.07) is 17.0. The fourth-order valence-corrected chi connectivity index (χ4v) is 2.72. The minimum absolute atomic E-state index is 0.229. The van der Waals surface area contributed by atoms with Gasteiger partial charge >= 0.3 is 0 Å². The Morgan fingerprint density at radius 1 is 0.889 bits per heavy atom. The molecule has 0 heterocycles. The minimum atomic E-state index is -0.229. The molecule has 4 nitrogen and oxygen atoms in total. The zero-order chi connectivity index (χ0) is 19.3. The van der Waals surface area contributed by atoms with Crippen molar-refractivity contribution in [1.82, 2.24) is 5.43 Å². The molecule has 1 N–H and O–H groups in total. The third-order valence-electron chi connectivity index (χ3n) is 4.40. The van der Waals surface area contributed by atoms with Gasteiger partial charge < -0.3 is 4.74 Å². The molecule has 0 aliphatic carbocycles. The molecule has 0 aliphatic rings. The number of unbranched alkanes of at least 4 members (excludes halogenated alkanes) is 5. The lowest BCUT2D eigenvalue weighted by molar-refractivity contribution is 0.0955. The highest BCUT2D eigenvalue weighted by molar-refractivity contribution is 6.00. The van der Waals surface area contributed by atoms with Crippen LogP contribution in [-0.2, 0) is 0 Å². The Hall–Kier alpha value is -2.62. The topological polar surface area (TPSA) is 50.7 Å². The van der Waals surface area contributed by atoms with Crippen molar-refractivity contribution in [3.63, 3.8) is 0 Å². The van der Waals surface area contributed by atoms with E-state index in [0.29, 0.717) is 5.56 Å². The summed E-state index contributed by atoms with van der Waals surface area (Å²) in [5, 5.41) is 4.17. The average molecular weight is 367 g/mol. The monoisotopic (exact) mass is 366 g/mol. The molecule has 2 aromatic rings. The van der Waals surface area contributed by atoms with E-state index in [-0.39, 0.29) is 5.91 Å². The largest absolute Gasteiger partial charge is 0.494 e. The van der Waals surface area contributed by atoms with Crippen LogP contribution in [0.3, 0.4) is 0 Å². The number of hydrogen-bond donors (Lipinski definition) is 1. The number of rotatable bonds is 11. The van der Waals surface area contributed by atoms with Crippen molar-refractivity contribution in [2.45, 2.75) is 52.4 Å². The second kappa shape index (κ2) is 11.9. The van der Waals surface area contributed by atoms with E-state index < -0.39 is 0 Å². The van der Waals surface area contributed by atoms with Crippen LogP contribution in [0.1, 0.15) is 68.3 Å². The van der Waals surface area contributed by atoms with Gasteiger partial charge in [0.2, 0.25) is 0 Å². The highest BCUT2D eigenvalue weighted by Crippen LogP contribution is 2.13. The Balaban J connectivity index is 1.75. The smallest absolute Gasteiger partial charge is 0.271 e. The van der Waals surface area contributed by atoms with Crippen LogP contribution < -0.4 is 10.2 Å². The van der Waals surface area contributed by atoms with Crippen molar-refractivity contribution in [3.05, 3.63) is 65.7 Å². The predicted molar refractivity (Wildman–Crippen MR) is 111 cm³/mol. The number of nitrogens with one attached hydrogen (secondary N) is 1. The number of hydrogen-bond acceptors (Lipinski definition) is 3. The van der Waals surface area contributed by atoms with Crippen molar-refractivity contribution in [2.24, 2.45) is 5.10 Å². The lowest BCUT2D eigenvalue weighted by Crippen LogP contribution is -2.19. The molecule has 2 rings (SSSR count). The van der Waals surface area contributed by atoms with Gasteiger partial charge in [0.1, 0.15) is 5.75 Å². The van der Waals surface area contributed by atoms with Gasteiger partial charge in [-0.3, -0.25) is 4.79 Å². The summed E-state index contributed by atoms with van der Waals surface area (Å²) in [5.74, 6) is 0.567. The summed E-state index contributed by atoms with van der Waals surface area (Å²) >= 11 is 0. The van der Waals surface area contributed by atoms with Crippen molar-refractivity contribution in [1.29, 1.82) is 0 Å². The molecule has 27 heavy (non-hydrogen) atoms. The molecule has 4 heteroatoms. The van der Waals surface area contributed by atoms with Crippen LogP contribution in [0.15, 0.2) is 59.7 Å². The fourth-order valence-electron chi connectivity index (χ4n) is 2.72. The lowest BCUT2D eigenvalue weighted by Gasteiger charge is -2.07. The first-order valence-electron chi connectivity index (χ1n) is 9.83. The second-order valence-corrected chi connectivity index (χ2v) is 6.64. The Bertz CT molecular complexity index is 709. The standard InChI is InChI=1S/C23H30N2O2/c1-3-4-5-6-7-11-18-27-22-16-14-21(15-17-22)23(26)25-24-19(2)20-12-9-8-10-13-20/h8-10,12-17H,3-7,11,18H2,1-2H3,(H,25,26)/b24-19-. The number of hydrazone groups is 1. The summed E-state index contributed by atoms with van der Waals surface area (Å²) in [4.78, 5) is 12.2. The molecule has 144 valence electrons. The Kier molecular flexibility index (Phi) is 9.11. The van der Waals surface area contributed by atoms with Crippen LogP contribution in [0.5, 0.6) is 5.75 Å². The molecule has 0 spiro atoms. The molecule has 0 radical (unpaired) electrons. The molecule has 1 amide bonds. The van der Waals surface area contributed by atoms with Crippen LogP contribution in [0.4, 0.5) is 0 Å². The van der Waals surface area contributed by atoms with Crippen LogP contribution in [0.25, 0.3) is 0 Å². The molecule has 0 aliphatic heterocycles. The van der Waals surface area contributed by atoms with E-state index in [1.165, 1.54) is 32.1 Å². The quantitative estimate of drug-likeness (QED) is 0.321. The minimum Gasteiger partial charge on any atom is -0.494 e. The fraction of sp³-hybridized carbons (Fsp3) is 0.391. The molecular weight excluding hydrogens is 336 g/mol. The van der Waals surface area contributed by atoms with Gasteiger partial charge in [-0.1, -0.05) is 69.4 Å².